The smallest absolute Gasteiger partial charge is 0.169 e. The highest BCUT2D eigenvalue weighted by Crippen LogP contribution is 2.35. The number of aryl methyl sites for hydroxylation is 1. The third-order valence-corrected chi connectivity index (χ3v) is 4.21. The van der Waals surface area contributed by atoms with Crippen molar-refractivity contribution in [1.82, 2.24) is 15.2 Å². The van der Waals surface area contributed by atoms with Crippen molar-refractivity contribution in [2.24, 2.45) is 0 Å². The number of aromatic amines is 1. The Morgan fingerprint density at radius 1 is 1.30 bits per heavy atom. The number of H-pyrrole nitrogens is 1. The minimum absolute atomic E-state index is 0.142. The van der Waals surface area contributed by atoms with Crippen LogP contribution >= 0.6 is 0 Å². The Labute approximate surface area is 131 Å². The Bertz CT molecular complexity index is 905. The topological polar surface area (TPSA) is 88.8 Å². The zero-order chi connectivity index (χ0) is 16.0. The first-order chi connectivity index (χ1) is 11.2. The number of hydrogen-bond acceptors (Lipinski definition) is 5. The molecule has 0 unspecified atom stereocenters. The molecule has 0 fully saturated rings. The van der Waals surface area contributed by atoms with E-state index < -0.39 is 5.82 Å². The molecular weight excluding hydrogens is 297 g/mol. The maximum atomic E-state index is 14.3. The molecule has 0 saturated heterocycles. The third kappa shape index (κ3) is 2.25. The predicted octanol–water partition coefficient (Wildman–Crippen LogP) is 2.92. The van der Waals surface area contributed by atoms with Crippen LogP contribution in [0.2, 0.25) is 0 Å². The highest BCUT2D eigenvalue weighted by atomic mass is 19.1. The lowest BCUT2D eigenvalue weighted by Gasteiger charge is -2.13. The molecule has 4 N–H and O–H groups in total. The van der Waals surface area contributed by atoms with E-state index in [-0.39, 0.29) is 11.6 Å². The first kappa shape index (κ1) is 13.8. The molecule has 6 nitrogen and oxygen atoms in total. The molecule has 0 saturated carbocycles. The van der Waals surface area contributed by atoms with Crippen molar-refractivity contribution in [3.05, 3.63) is 35.1 Å². The second-order valence-electron chi connectivity index (χ2n) is 5.62. The number of nitrogens with zero attached hydrogens (tertiary/aromatic N) is 2. The minimum Gasteiger partial charge on any atom is -0.497 e. The second kappa shape index (κ2) is 5.12. The van der Waals surface area contributed by atoms with Crippen LogP contribution in [0.1, 0.15) is 17.5 Å². The van der Waals surface area contributed by atoms with E-state index in [2.05, 4.69) is 20.5 Å². The van der Waals surface area contributed by atoms with E-state index in [0.717, 1.165) is 30.7 Å². The Morgan fingerprint density at radius 3 is 3.00 bits per heavy atom. The SMILES string of the molecule is COc1cc2c(c(Nc3nc4[nH]nc(N)c4cc3F)c1)CCC2. The molecule has 118 valence electrons. The summed E-state index contributed by atoms with van der Waals surface area (Å²) in [5.74, 6) is 0.657. The van der Waals surface area contributed by atoms with E-state index in [0.29, 0.717) is 11.0 Å². The molecule has 1 aliphatic carbocycles. The number of benzene rings is 1. The number of hydrogen-bond donors (Lipinski definition) is 3. The Balaban J connectivity index is 1.79. The summed E-state index contributed by atoms with van der Waals surface area (Å²) < 4.78 is 19.7. The third-order valence-electron chi connectivity index (χ3n) is 4.21. The van der Waals surface area contributed by atoms with Gasteiger partial charge in [0.1, 0.15) is 5.75 Å². The lowest BCUT2D eigenvalue weighted by Crippen LogP contribution is -2.01. The van der Waals surface area contributed by atoms with Gasteiger partial charge in [0.15, 0.2) is 23.1 Å². The Morgan fingerprint density at radius 2 is 2.17 bits per heavy atom. The summed E-state index contributed by atoms with van der Waals surface area (Å²) in [5, 5.41) is 10.1. The summed E-state index contributed by atoms with van der Waals surface area (Å²) in [5.41, 5.74) is 9.38. The molecule has 0 amide bonds. The van der Waals surface area contributed by atoms with Crippen molar-refractivity contribution in [1.29, 1.82) is 0 Å². The van der Waals surface area contributed by atoms with Crippen LogP contribution in [0, 0.1) is 5.82 Å². The van der Waals surface area contributed by atoms with Gasteiger partial charge in [0.05, 0.1) is 12.5 Å². The minimum atomic E-state index is -0.472. The fraction of sp³-hybridized carbons (Fsp3) is 0.250. The molecule has 7 heteroatoms. The summed E-state index contributed by atoms with van der Waals surface area (Å²) in [6.45, 7) is 0. The normalized spacial score (nSPS) is 13.3. The summed E-state index contributed by atoms with van der Waals surface area (Å²) in [4.78, 5) is 4.25. The van der Waals surface area contributed by atoms with Crippen molar-refractivity contribution in [3.63, 3.8) is 0 Å². The number of nitrogens with two attached hydrogens (primary N) is 1. The van der Waals surface area contributed by atoms with E-state index in [4.69, 9.17) is 10.5 Å². The lowest BCUT2D eigenvalue weighted by atomic mass is 10.1. The fourth-order valence-electron chi connectivity index (χ4n) is 3.06. The first-order valence-corrected chi connectivity index (χ1v) is 7.42. The first-order valence-electron chi connectivity index (χ1n) is 7.42. The number of rotatable bonds is 3. The Hall–Kier alpha value is -2.83. The van der Waals surface area contributed by atoms with Gasteiger partial charge in [-0.05, 0) is 42.5 Å². The average molecular weight is 313 g/mol. The predicted molar refractivity (Wildman–Crippen MR) is 86.6 cm³/mol. The molecule has 0 aliphatic heterocycles. The summed E-state index contributed by atoms with van der Waals surface area (Å²) in [6, 6.07) is 5.25. The maximum absolute atomic E-state index is 14.3. The van der Waals surface area contributed by atoms with Gasteiger partial charge in [-0.3, -0.25) is 5.10 Å². The highest BCUT2D eigenvalue weighted by molar-refractivity contribution is 5.87. The van der Waals surface area contributed by atoms with Gasteiger partial charge in [0.25, 0.3) is 0 Å². The van der Waals surface area contributed by atoms with E-state index in [1.54, 1.807) is 7.11 Å². The van der Waals surface area contributed by atoms with Gasteiger partial charge in [-0.15, -0.1) is 0 Å². The van der Waals surface area contributed by atoms with Crippen molar-refractivity contribution in [2.75, 3.05) is 18.2 Å². The molecule has 3 aromatic rings. The van der Waals surface area contributed by atoms with Crippen molar-refractivity contribution in [2.45, 2.75) is 19.3 Å². The van der Waals surface area contributed by atoms with Crippen molar-refractivity contribution in [3.8, 4) is 5.75 Å². The summed E-state index contributed by atoms with van der Waals surface area (Å²) in [6.07, 6.45) is 3.05. The number of anilines is 3. The molecule has 2 aromatic heterocycles. The second-order valence-corrected chi connectivity index (χ2v) is 5.62. The molecule has 0 radical (unpaired) electrons. The molecule has 23 heavy (non-hydrogen) atoms. The van der Waals surface area contributed by atoms with Crippen LogP contribution in [-0.4, -0.2) is 22.3 Å². The summed E-state index contributed by atoms with van der Waals surface area (Å²) in [7, 11) is 1.62. The number of methoxy groups -OCH3 is 1. The zero-order valence-corrected chi connectivity index (χ0v) is 12.6. The zero-order valence-electron chi connectivity index (χ0n) is 12.6. The molecule has 1 aromatic carbocycles. The fourth-order valence-corrected chi connectivity index (χ4v) is 3.06. The van der Waals surface area contributed by atoms with E-state index >= 15 is 0 Å². The average Bonchev–Trinajstić information content (AvgIpc) is 3.15. The number of nitrogens with one attached hydrogen (secondary N) is 2. The van der Waals surface area contributed by atoms with Crippen LogP contribution < -0.4 is 15.8 Å². The number of nitrogen functional groups attached to an aromatic ring is 1. The van der Waals surface area contributed by atoms with E-state index in [9.17, 15) is 4.39 Å². The lowest BCUT2D eigenvalue weighted by molar-refractivity contribution is 0.414. The molecule has 2 heterocycles. The van der Waals surface area contributed by atoms with Gasteiger partial charge in [-0.1, -0.05) is 0 Å². The number of ether oxygens (including phenoxy) is 1. The number of halogens is 1. The molecule has 4 rings (SSSR count). The largest absolute Gasteiger partial charge is 0.497 e. The van der Waals surface area contributed by atoms with Crippen LogP contribution in [0.15, 0.2) is 18.2 Å². The molecular formula is C16H16FN5O. The molecule has 0 spiro atoms. The molecule has 0 atom stereocenters. The van der Waals surface area contributed by atoms with Gasteiger partial charge in [-0.2, -0.15) is 5.10 Å². The van der Waals surface area contributed by atoms with Gasteiger partial charge in [-0.25, -0.2) is 9.37 Å². The van der Waals surface area contributed by atoms with Gasteiger partial charge in [0, 0.05) is 11.8 Å². The summed E-state index contributed by atoms with van der Waals surface area (Å²) >= 11 is 0. The van der Waals surface area contributed by atoms with E-state index in [1.165, 1.54) is 17.2 Å². The van der Waals surface area contributed by atoms with Gasteiger partial charge in [0.2, 0.25) is 0 Å². The van der Waals surface area contributed by atoms with Crippen LogP contribution in [0.4, 0.5) is 21.7 Å². The number of fused-ring (bicyclic) bond motifs is 2. The van der Waals surface area contributed by atoms with Gasteiger partial charge >= 0.3 is 0 Å². The maximum Gasteiger partial charge on any atom is 0.169 e. The van der Waals surface area contributed by atoms with Crippen LogP contribution in [0.3, 0.4) is 0 Å². The molecule has 0 bridgehead atoms. The van der Waals surface area contributed by atoms with Gasteiger partial charge < -0.3 is 15.8 Å². The molecule has 1 aliphatic rings. The number of aromatic nitrogens is 3. The van der Waals surface area contributed by atoms with Crippen molar-refractivity contribution < 1.29 is 9.13 Å². The highest BCUT2D eigenvalue weighted by Gasteiger charge is 2.19. The standard InChI is InChI=1S/C16H16FN5O/c1-23-9-5-8-3-2-4-10(8)13(6-9)19-16-12(17)7-11-14(18)21-22-15(11)20-16/h5-7H,2-4H2,1H3,(H4,18,19,20,21,22). The van der Waals surface area contributed by atoms with E-state index in [1.807, 2.05) is 12.1 Å². The van der Waals surface area contributed by atoms with Crippen molar-refractivity contribution >= 4 is 28.4 Å². The quantitative estimate of drug-likeness (QED) is 0.692. The van der Waals surface area contributed by atoms with Crippen LogP contribution in [-0.2, 0) is 12.8 Å². The Kier molecular flexibility index (Phi) is 3.07. The monoisotopic (exact) mass is 313 g/mol. The van der Waals surface area contributed by atoms with Crippen LogP contribution in [0.25, 0.3) is 11.0 Å². The number of pyridine rings is 1. The van der Waals surface area contributed by atoms with Crippen LogP contribution in [0.5, 0.6) is 5.75 Å².